The Hall–Kier alpha value is -2.06. The molecule has 2 aromatic heterocycles. The lowest BCUT2D eigenvalue weighted by Crippen LogP contribution is -1.88. The summed E-state index contributed by atoms with van der Waals surface area (Å²) >= 11 is 0. The molecule has 0 amide bonds. The van der Waals surface area contributed by atoms with Gasteiger partial charge < -0.3 is 4.40 Å². The van der Waals surface area contributed by atoms with E-state index < -0.39 is 0 Å². The van der Waals surface area contributed by atoms with E-state index in [4.69, 9.17) is 4.98 Å². The number of hydrogen-bond acceptors (Lipinski definition) is 3. The molecule has 3 aromatic rings. The van der Waals surface area contributed by atoms with E-state index in [1.165, 1.54) is 11.1 Å². The van der Waals surface area contributed by atoms with Crippen LogP contribution in [0.2, 0.25) is 0 Å². The van der Waals surface area contributed by atoms with Gasteiger partial charge in [0.25, 0.3) is 0 Å². The summed E-state index contributed by atoms with van der Waals surface area (Å²) in [6.07, 6.45) is 4.16. The molecule has 0 bridgehead atoms. The third-order valence-electron chi connectivity index (χ3n) is 3.80. The fourth-order valence-corrected chi connectivity index (χ4v) is 2.61. The van der Waals surface area contributed by atoms with Crippen molar-refractivity contribution in [3.8, 4) is 11.3 Å². The van der Waals surface area contributed by atoms with Crippen LogP contribution in [0, 0.1) is 20.8 Å². The highest BCUT2D eigenvalue weighted by atomic mass is 31.0. The van der Waals surface area contributed by atoms with Crippen molar-refractivity contribution in [2.24, 2.45) is 10.00 Å². The Bertz CT molecular complexity index is 849. The summed E-state index contributed by atoms with van der Waals surface area (Å²) in [5, 5.41) is 4.12. The summed E-state index contributed by atoms with van der Waals surface area (Å²) < 4.78 is 2.07. The molecule has 21 heavy (non-hydrogen) atoms. The van der Waals surface area contributed by atoms with Crippen LogP contribution in [0.1, 0.15) is 16.7 Å². The molecule has 0 aliphatic rings. The first-order chi connectivity index (χ1) is 10.1. The van der Waals surface area contributed by atoms with Crippen LogP contribution in [-0.2, 0) is 0 Å². The molecule has 0 saturated heterocycles. The van der Waals surface area contributed by atoms with Crippen LogP contribution >= 0.6 is 9.39 Å². The van der Waals surface area contributed by atoms with Crippen molar-refractivity contribution in [1.82, 2.24) is 9.38 Å². The summed E-state index contributed by atoms with van der Waals surface area (Å²) in [6.45, 7) is 6.24. The lowest BCUT2D eigenvalue weighted by atomic mass is 10.00. The van der Waals surface area contributed by atoms with Crippen LogP contribution in [0.4, 0.5) is 5.69 Å². The first-order valence-electron chi connectivity index (χ1n) is 6.77. The van der Waals surface area contributed by atoms with E-state index in [1.807, 2.05) is 12.1 Å². The fourth-order valence-electron chi connectivity index (χ4n) is 2.49. The smallest absolute Gasteiger partial charge is 0.137 e. The van der Waals surface area contributed by atoms with Crippen LogP contribution in [0.15, 0.2) is 46.7 Å². The molecular formula is C16H17N4P. The SMILES string of the molecule is Cc1ccc2nc(-c3ccc(N=NP)c(C)c3C)cn2c1. The maximum atomic E-state index is 4.71. The molecule has 1 atom stereocenters. The molecule has 0 saturated carbocycles. The number of pyridine rings is 1. The van der Waals surface area contributed by atoms with E-state index in [0.717, 1.165) is 28.2 Å². The van der Waals surface area contributed by atoms with Gasteiger partial charge in [-0.05, 0) is 49.6 Å². The van der Waals surface area contributed by atoms with Crippen LogP contribution in [0.25, 0.3) is 16.9 Å². The summed E-state index contributed by atoms with van der Waals surface area (Å²) in [4.78, 5) is 8.48. The largest absolute Gasteiger partial charge is 0.306 e. The van der Waals surface area contributed by atoms with Crippen LogP contribution in [0.5, 0.6) is 0 Å². The minimum absolute atomic E-state index is 0.894. The maximum absolute atomic E-state index is 4.71. The summed E-state index contributed by atoms with van der Waals surface area (Å²) in [6, 6.07) is 8.16. The third kappa shape index (κ3) is 2.47. The molecule has 0 aliphatic carbocycles. The van der Waals surface area contributed by atoms with Gasteiger partial charge >= 0.3 is 0 Å². The number of benzene rings is 1. The molecule has 0 N–H and O–H groups in total. The number of rotatable bonds is 2. The molecule has 0 radical (unpaired) electrons. The zero-order chi connectivity index (χ0) is 15.0. The number of imidazole rings is 1. The van der Waals surface area contributed by atoms with E-state index in [0.29, 0.717) is 0 Å². The van der Waals surface area contributed by atoms with Crippen LogP contribution < -0.4 is 0 Å². The Labute approximate surface area is 126 Å². The Morgan fingerprint density at radius 2 is 1.81 bits per heavy atom. The van der Waals surface area contributed by atoms with Crippen molar-refractivity contribution in [2.45, 2.75) is 20.8 Å². The highest BCUT2D eigenvalue weighted by Crippen LogP contribution is 2.31. The van der Waals surface area contributed by atoms with Gasteiger partial charge in [-0.15, -0.1) is 0 Å². The van der Waals surface area contributed by atoms with Gasteiger partial charge in [-0.1, -0.05) is 12.1 Å². The molecule has 4 nitrogen and oxygen atoms in total. The standard InChI is InChI=1S/C16H17N4P/c1-10-4-7-16-17-15(9-20(16)8-10)13-5-6-14(18-19-21)12(3)11(13)2/h4-9H,21H2,1-3H3. The Balaban J connectivity index is 2.16. The van der Waals surface area contributed by atoms with E-state index in [1.54, 1.807) is 0 Å². The lowest BCUT2D eigenvalue weighted by molar-refractivity contribution is 1.16. The highest BCUT2D eigenvalue weighted by molar-refractivity contribution is 7.14. The fraction of sp³-hybridized carbons (Fsp3) is 0.188. The molecule has 2 heterocycles. The summed E-state index contributed by atoms with van der Waals surface area (Å²) in [7, 11) is 2.26. The van der Waals surface area contributed by atoms with Gasteiger partial charge in [0.15, 0.2) is 0 Å². The van der Waals surface area contributed by atoms with Crippen molar-refractivity contribution in [3.63, 3.8) is 0 Å². The van der Waals surface area contributed by atoms with Gasteiger partial charge in [-0.25, -0.2) is 4.98 Å². The molecule has 5 heteroatoms. The molecule has 106 valence electrons. The number of hydrogen-bond donors (Lipinski definition) is 0. The monoisotopic (exact) mass is 296 g/mol. The maximum Gasteiger partial charge on any atom is 0.137 e. The average Bonchev–Trinajstić information content (AvgIpc) is 2.87. The molecule has 0 spiro atoms. The van der Waals surface area contributed by atoms with Crippen LogP contribution in [0.3, 0.4) is 0 Å². The molecule has 0 fully saturated rings. The zero-order valence-corrected chi connectivity index (χ0v) is 13.5. The van der Waals surface area contributed by atoms with Crippen molar-refractivity contribution >= 4 is 20.7 Å². The van der Waals surface area contributed by atoms with E-state index in [2.05, 4.69) is 69.1 Å². The second-order valence-electron chi connectivity index (χ2n) is 5.20. The second-order valence-corrected chi connectivity index (χ2v) is 5.43. The van der Waals surface area contributed by atoms with Crippen LogP contribution in [-0.4, -0.2) is 9.38 Å². The Morgan fingerprint density at radius 3 is 2.57 bits per heavy atom. The first-order valence-corrected chi connectivity index (χ1v) is 7.28. The van der Waals surface area contributed by atoms with Gasteiger partial charge in [0, 0.05) is 27.3 Å². The Morgan fingerprint density at radius 1 is 1.00 bits per heavy atom. The predicted octanol–water partition coefficient (Wildman–Crippen LogP) is 4.80. The van der Waals surface area contributed by atoms with Crippen molar-refractivity contribution < 1.29 is 0 Å². The molecule has 1 unspecified atom stereocenters. The number of aromatic nitrogens is 2. The minimum Gasteiger partial charge on any atom is -0.306 e. The van der Waals surface area contributed by atoms with Crippen molar-refractivity contribution in [1.29, 1.82) is 0 Å². The second kappa shape index (κ2) is 5.38. The van der Waals surface area contributed by atoms with E-state index in [9.17, 15) is 0 Å². The minimum atomic E-state index is 0.894. The summed E-state index contributed by atoms with van der Waals surface area (Å²) in [5.41, 5.74) is 7.51. The van der Waals surface area contributed by atoms with Gasteiger partial charge in [-0.2, -0.15) is 10.00 Å². The average molecular weight is 296 g/mol. The van der Waals surface area contributed by atoms with E-state index in [-0.39, 0.29) is 0 Å². The molecule has 0 aliphatic heterocycles. The first kappa shape index (κ1) is 13.9. The van der Waals surface area contributed by atoms with Gasteiger partial charge in [0.1, 0.15) is 5.65 Å². The number of fused-ring (bicyclic) bond motifs is 1. The molecule has 3 rings (SSSR count). The van der Waals surface area contributed by atoms with Gasteiger partial charge in [0.2, 0.25) is 0 Å². The number of nitrogens with zero attached hydrogens (tertiary/aromatic N) is 4. The van der Waals surface area contributed by atoms with Gasteiger partial charge in [-0.3, -0.25) is 0 Å². The van der Waals surface area contributed by atoms with Crippen molar-refractivity contribution in [2.75, 3.05) is 0 Å². The van der Waals surface area contributed by atoms with E-state index >= 15 is 0 Å². The summed E-state index contributed by atoms with van der Waals surface area (Å²) in [5.74, 6) is 0. The Kier molecular flexibility index (Phi) is 3.56. The predicted molar refractivity (Wildman–Crippen MR) is 89.1 cm³/mol. The lowest BCUT2D eigenvalue weighted by Gasteiger charge is -2.08. The quantitative estimate of drug-likeness (QED) is 0.494. The molecule has 1 aromatic carbocycles. The zero-order valence-electron chi connectivity index (χ0n) is 12.3. The normalized spacial score (nSPS) is 11.6. The third-order valence-corrected chi connectivity index (χ3v) is 3.91. The molecular weight excluding hydrogens is 279 g/mol. The van der Waals surface area contributed by atoms with Gasteiger partial charge in [0.05, 0.1) is 11.4 Å². The highest BCUT2D eigenvalue weighted by Gasteiger charge is 2.11. The topological polar surface area (TPSA) is 42.0 Å². The number of aryl methyl sites for hydroxylation is 1. The van der Waals surface area contributed by atoms with Crippen molar-refractivity contribution in [3.05, 3.63) is 53.3 Å².